The maximum absolute atomic E-state index is 13.0. The van der Waals surface area contributed by atoms with Gasteiger partial charge in [0, 0.05) is 0 Å². The molecule has 1 heterocycles. The van der Waals surface area contributed by atoms with Crippen molar-refractivity contribution < 1.29 is 28.8 Å². The summed E-state index contributed by atoms with van der Waals surface area (Å²) in [6.45, 7) is 0. The molecule has 3 aromatic rings. The molecule has 2 aromatic carbocycles. The van der Waals surface area contributed by atoms with Crippen LogP contribution in [0.3, 0.4) is 0 Å². The molecular weight excluding hydrogens is 429 g/mol. The minimum atomic E-state index is -0.234. The fraction of sp³-hybridized carbons (Fsp3) is 0.200. The van der Waals surface area contributed by atoms with Gasteiger partial charge in [0.05, 0.1) is 0 Å². The van der Waals surface area contributed by atoms with Gasteiger partial charge in [0.15, 0.2) is 0 Å². The molecule has 0 radical (unpaired) electrons. The Labute approximate surface area is 168 Å². The Hall–Kier alpha value is -2.96. The number of nitrogens with zero attached hydrogens (tertiary/aromatic N) is 1. The summed E-state index contributed by atoms with van der Waals surface area (Å²) < 4.78 is 21.4. The van der Waals surface area contributed by atoms with E-state index in [-0.39, 0.29) is 26.0 Å². The summed E-state index contributed by atoms with van der Waals surface area (Å²) in [6, 6.07) is 8.24. The summed E-state index contributed by atoms with van der Waals surface area (Å²) in [7, 11) is 5.99. The third kappa shape index (κ3) is 3.69. The van der Waals surface area contributed by atoms with Crippen molar-refractivity contribution in [2.24, 2.45) is 0 Å². The molecular formula is C20H19NO6Se. The molecule has 7 nitrogen and oxygen atoms in total. The molecule has 0 atom stereocenters. The van der Waals surface area contributed by atoms with Gasteiger partial charge in [0.25, 0.3) is 0 Å². The summed E-state index contributed by atoms with van der Waals surface area (Å²) in [4.78, 5) is 19.3. The second-order valence-electron chi connectivity index (χ2n) is 5.67. The second-order valence-corrected chi connectivity index (χ2v) is 7.47. The van der Waals surface area contributed by atoms with Crippen molar-refractivity contribution in [3.63, 3.8) is 0 Å². The van der Waals surface area contributed by atoms with E-state index < -0.39 is 0 Å². The van der Waals surface area contributed by atoms with Crippen LogP contribution in [0.1, 0.15) is 14.9 Å². The average molecular weight is 448 g/mol. The van der Waals surface area contributed by atoms with Gasteiger partial charge in [-0.15, -0.1) is 0 Å². The number of ether oxygens (including phenoxy) is 4. The molecule has 0 fully saturated rings. The average Bonchev–Trinajstić information content (AvgIpc) is 3.22. The summed E-state index contributed by atoms with van der Waals surface area (Å²) in [6.07, 6.45) is 0. The van der Waals surface area contributed by atoms with Gasteiger partial charge in [-0.3, -0.25) is 0 Å². The van der Waals surface area contributed by atoms with Crippen LogP contribution in [-0.4, -0.2) is 58.8 Å². The normalized spacial score (nSPS) is 10.4. The molecule has 0 spiro atoms. The Morgan fingerprint density at radius 1 is 0.929 bits per heavy atom. The minimum absolute atomic E-state index is 0.0213. The van der Waals surface area contributed by atoms with Crippen molar-refractivity contribution in [2.45, 2.75) is 0 Å². The third-order valence-corrected chi connectivity index (χ3v) is 5.86. The number of ketones is 1. The van der Waals surface area contributed by atoms with E-state index in [2.05, 4.69) is 4.98 Å². The van der Waals surface area contributed by atoms with E-state index in [1.807, 2.05) is 4.94 Å². The Balaban J connectivity index is 1.95. The fourth-order valence-electron chi connectivity index (χ4n) is 2.70. The molecule has 0 amide bonds. The monoisotopic (exact) mass is 449 g/mol. The predicted octanol–water partition coefficient (Wildman–Crippen LogP) is 2.78. The fourth-order valence-corrected chi connectivity index (χ4v) is 4.35. The standard InChI is InChI=1S/C20H19NO6Se/c1-24-15-6-5-11(7-14(15)22)13-10-28-20(21-13)18(23)12-8-16(25-2)19(27-4)17(9-12)26-3/h5-10,22H,1-4H3. The number of aromatic nitrogens is 1. The van der Waals surface area contributed by atoms with Gasteiger partial charge in [-0.25, -0.2) is 0 Å². The maximum atomic E-state index is 13.0. The van der Waals surface area contributed by atoms with Gasteiger partial charge >= 0.3 is 168 Å². The zero-order valence-electron chi connectivity index (χ0n) is 15.8. The molecule has 0 aliphatic rings. The number of rotatable bonds is 7. The summed E-state index contributed by atoms with van der Waals surface area (Å²) in [5.74, 6) is 1.43. The number of phenols is 1. The van der Waals surface area contributed by atoms with Gasteiger partial charge in [0.1, 0.15) is 0 Å². The van der Waals surface area contributed by atoms with Gasteiger partial charge in [-0.2, -0.15) is 0 Å². The first-order valence-corrected chi connectivity index (χ1v) is 10.0. The molecule has 28 heavy (non-hydrogen) atoms. The molecule has 3 rings (SSSR count). The molecule has 8 heteroatoms. The van der Waals surface area contributed by atoms with Gasteiger partial charge in [-0.1, -0.05) is 0 Å². The van der Waals surface area contributed by atoms with Crippen LogP contribution in [0.2, 0.25) is 0 Å². The van der Waals surface area contributed by atoms with E-state index in [0.29, 0.717) is 44.4 Å². The number of carbonyl (C=O) groups is 1. The Morgan fingerprint density at radius 2 is 1.57 bits per heavy atom. The van der Waals surface area contributed by atoms with Crippen molar-refractivity contribution in [3.8, 4) is 40.0 Å². The molecule has 1 N–H and O–H groups in total. The van der Waals surface area contributed by atoms with Crippen molar-refractivity contribution in [1.82, 2.24) is 4.98 Å². The number of methoxy groups -OCH3 is 4. The van der Waals surface area contributed by atoms with Gasteiger partial charge in [-0.05, 0) is 0 Å². The van der Waals surface area contributed by atoms with E-state index in [4.69, 9.17) is 18.9 Å². The van der Waals surface area contributed by atoms with Crippen molar-refractivity contribution in [2.75, 3.05) is 28.4 Å². The van der Waals surface area contributed by atoms with Crippen LogP contribution in [0, 0.1) is 0 Å². The molecule has 0 aliphatic heterocycles. The number of phenolic OH excluding ortho intramolecular Hbond substituents is 1. The Bertz CT molecular complexity index is 989. The van der Waals surface area contributed by atoms with Crippen molar-refractivity contribution in [3.05, 3.63) is 45.4 Å². The van der Waals surface area contributed by atoms with Crippen LogP contribution >= 0.6 is 0 Å². The predicted molar refractivity (Wildman–Crippen MR) is 104 cm³/mol. The number of benzene rings is 2. The Kier molecular flexibility index (Phi) is 5.92. The van der Waals surface area contributed by atoms with Gasteiger partial charge < -0.3 is 0 Å². The van der Waals surface area contributed by atoms with E-state index in [0.717, 1.165) is 0 Å². The zero-order chi connectivity index (χ0) is 20.3. The van der Waals surface area contributed by atoms with Crippen LogP contribution in [0.15, 0.2) is 35.3 Å². The summed E-state index contributed by atoms with van der Waals surface area (Å²) in [5.41, 5.74) is 1.77. The van der Waals surface area contributed by atoms with Gasteiger partial charge in [0.2, 0.25) is 0 Å². The SMILES string of the molecule is COc1ccc(-c2c[se]c(C(=O)c3cc(OC)c(OC)c(OC)c3)n2)cc1O. The number of aromatic hydroxyl groups is 1. The number of carbonyl (C=O) groups excluding carboxylic acids is 1. The van der Waals surface area contributed by atoms with E-state index in [1.165, 1.54) is 28.4 Å². The van der Waals surface area contributed by atoms with Crippen LogP contribution in [0.5, 0.6) is 28.7 Å². The van der Waals surface area contributed by atoms with Crippen molar-refractivity contribution >= 4 is 20.3 Å². The molecule has 1 aromatic heterocycles. The number of hydrogen-bond acceptors (Lipinski definition) is 7. The quantitative estimate of drug-likeness (QED) is 0.439. The van der Waals surface area contributed by atoms with Crippen LogP contribution < -0.4 is 18.9 Å². The van der Waals surface area contributed by atoms with Crippen LogP contribution in [0.4, 0.5) is 0 Å². The Morgan fingerprint density at radius 3 is 2.11 bits per heavy atom. The first kappa shape index (κ1) is 19.8. The van der Waals surface area contributed by atoms with E-state index in [9.17, 15) is 9.90 Å². The summed E-state index contributed by atoms with van der Waals surface area (Å²) >= 11 is -0.234. The molecule has 0 aliphatic carbocycles. The molecule has 0 saturated carbocycles. The van der Waals surface area contributed by atoms with E-state index >= 15 is 0 Å². The molecule has 0 bridgehead atoms. The second kappa shape index (κ2) is 8.37. The van der Waals surface area contributed by atoms with Crippen LogP contribution in [0.25, 0.3) is 11.3 Å². The summed E-state index contributed by atoms with van der Waals surface area (Å²) in [5, 5.41) is 9.97. The molecule has 146 valence electrons. The molecule has 0 saturated heterocycles. The number of hydrogen-bond donors (Lipinski definition) is 1. The van der Waals surface area contributed by atoms with Crippen LogP contribution in [-0.2, 0) is 0 Å². The third-order valence-electron chi connectivity index (χ3n) is 4.10. The van der Waals surface area contributed by atoms with E-state index in [1.54, 1.807) is 30.3 Å². The van der Waals surface area contributed by atoms with Crippen molar-refractivity contribution in [1.29, 1.82) is 0 Å². The zero-order valence-corrected chi connectivity index (χ0v) is 17.5. The first-order chi connectivity index (χ1) is 13.5. The first-order valence-electron chi connectivity index (χ1n) is 8.20. The topological polar surface area (TPSA) is 87.1 Å². The molecule has 0 unspecified atom stereocenters.